The Morgan fingerprint density at radius 2 is 1.85 bits per heavy atom. The molecule has 0 aromatic rings. The van der Waals surface area contributed by atoms with Gasteiger partial charge in [-0.1, -0.05) is 44.4 Å². The van der Waals surface area contributed by atoms with Gasteiger partial charge in [-0.15, -0.1) is 0 Å². The fourth-order valence-electron chi connectivity index (χ4n) is 11.3. The Kier molecular flexibility index (Phi) is 10.1. The molecule has 1 amide bonds. The topological polar surface area (TPSA) is 78.9 Å². The number of amides is 1. The first-order chi connectivity index (χ1) is 22.2. The molecule has 0 radical (unpaired) electrons. The largest absolute Gasteiger partial charge is 0.471 e. The second-order valence-corrected chi connectivity index (χ2v) is 16.4. The summed E-state index contributed by atoms with van der Waals surface area (Å²) in [5, 5.41) is 12.3. The van der Waals surface area contributed by atoms with Crippen molar-refractivity contribution < 1.29 is 32.6 Å². The predicted octanol–water partition coefficient (Wildman–Crippen LogP) is 7.30. The third-order valence-electron chi connectivity index (χ3n) is 13.7. The van der Waals surface area contributed by atoms with Crippen LogP contribution in [0.15, 0.2) is 22.8 Å². The summed E-state index contributed by atoms with van der Waals surface area (Å²) in [5.41, 5.74) is 4.73. The summed E-state index contributed by atoms with van der Waals surface area (Å²) in [4.78, 5) is 26.2. The Bertz CT molecular complexity index is 1260. The van der Waals surface area contributed by atoms with Crippen LogP contribution in [0.1, 0.15) is 118 Å². The average molecular weight is 663 g/mol. The third kappa shape index (κ3) is 6.63. The summed E-state index contributed by atoms with van der Waals surface area (Å²) in [7, 11) is 0. The van der Waals surface area contributed by atoms with Crippen molar-refractivity contribution in [1.29, 1.82) is 0 Å². The van der Waals surface area contributed by atoms with Crippen molar-refractivity contribution in [3.63, 3.8) is 0 Å². The molecule has 2 aliphatic heterocycles. The first-order valence-corrected chi connectivity index (χ1v) is 18.6. The Balaban J connectivity index is 1.04. The normalized spacial score (nSPS) is 40.0. The van der Waals surface area contributed by atoms with Gasteiger partial charge < -0.3 is 15.2 Å². The van der Waals surface area contributed by atoms with E-state index in [1.807, 2.05) is 5.32 Å². The molecule has 264 valence electrons. The summed E-state index contributed by atoms with van der Waals surface area (Å²) in [6.45, 7) is 11.5. The minimum Gasteiger partial charge on any atom is -0.393 e. The number of ether oxygens (including phenoxy) is 1. The second kappa shape index (κ2) is 13.5. The summed E-state index contributed by atoms with van der Waals surface area (Å²) in [5.74, 6) is 1.27. The number of allylic oxidation sites excluding steroid dienone is 2. The number of alkyl halides is 3. The van der Waals surface area contributed by atoms with Gasteiger partial charge in [-0.3, -0.25) is 14.5 Å². The molecule has 2 saturated carbocycles. The van der Waals surface area contributed by atoms with E-state index in [0.717, 1.165) is 58.0 Å². The van der Waals surface area contributed by atoms with Crippen LogP contribution in [0.25, 0.3) is 0 Å². The molecule has 0 bridgehead atoms. The zero-order valence-corrected chi connectivity index (χ0v) is 29.0. The summed E-state index contributed by atoms with van der Waals surface area (Å²) < 4.78 is 44.2. The van der Waals surface area contributed by atoms with E-state index in [-0.39, 0.29) is 35.6 Å². The lowest BCUT2D eigenvalue weighted by molar-refractivity contribution is -0.173. The molecule has 0 aromatic carbocycles. The highest BCUT2D eigenvalue weighted by Gasteiger charge is 2.61. The summed E-state index contributed by atoms with van der Waals surface area (Å²) >= 11 is 0. The van der Waals surface area contributed by atoms with Gasteiger partial charge in [-0.2, -0.15) is 13.2 Å². The molecular weight excluding hydrogens is 605 g/mol. The quantitative estimate of drug-likeness (QED) is 0.190. The van der Waals surface area contributed by atoms with Crippen molar-refractivity contribution in [2.45, 2.75) is 148 Å². The number of ketones is 1. The molecule has 6 nitrogen and oxygen atoms in total. The molecule has 4 fully saturated rings. The van der Waals surface area contributed by atoms with Crippen molar-refractivity contribution in [2.24, 2.45) is 35.0 Å². The van der Waals surface area contributed by atoms with E-state index in [1.165, 1.54) is 24.0 Å². The lowest BCUT2D eigenvalue weighted by Crippen LogP contribution is -2.52. The van der Waals surface area contributed by atoms with E-state index in [0.29, 0.717) is 67.7 Å². The Morgan fingerprint density at radius 3 is 2.62 bits per heavy atom. The van der Waals surface area contributed by atoms with Gasteiger partial charge in [0.25, 0.3) is 0 Å². The van der Waals surface area contributed by atoms with Crippen LogP contribution < -0.4 is 5.32 Å². The monoisotopic (exact) mass is 662 g/mol. The van der Waals surface area contributed by atoms with Gasteiger partial charge in [0.1, 0.15) is 5.78 Å². The van der Waals surface area contributed by atoms with Gasteiger partial charge in [0.2, 0.25) is 0 Å². The van der Waals surface area contributed by atoms with Gasteiger partial charge >= 0.3 is 12.1 Å². The maximum atomic E-state index is 12.7. The molecule has 47 heavy (non-hydrogen) atoms. The van der Waals surface area contributed by atoms with Crippen LogP contribution in [0.4, 0.5) is 13.2 Å². The average Bonchev–Trinajstić information content (AvgIpc) is 3.53. The van der Waals surface area contributed by atoms with Gasteiger partial charge in [0, 0.05) is 37.9 Å². The molecule has 10 atom stereocenters. The van der Waals surface area contributed by atoms with Gasteiger partial charge in [-0.25, -0.2) is 0 Å². The van der Waals surface area contributed by atoms with Crippen LogP contribution >= 0.6 is 0 Å². The van der Waals surface area contributed by atoms with Crippen molar-refractivity contribution >= 4 is 11.7 Å². The van der Waals surface area contributed by atoms with Crippen molar-refractivity contribution in [3.8, 4) is 0 Å². The van der Waals surface area contributed by atoms with E-state index in [9.17, 15) is 27.9 Å². The fraction of sp³-hybridized carbons (Fsp3) is 0.842. The number of carbonyl (C=O) groups is 2. The van der Waals surface area contributed by atoms with Crippen molar-refractivity contribution in [3.05, 3.63) is 22.8 Å². The minimum absolute atomic E-state index is 0.0233. The molecule has 4 aliphatic carbocycles. The van der Waals surface area contributed by atoms with Gasteiger partial charge in [0.15, 0.2) is 0 Å². The molecule has 6 aliphatic rings. The Morgan fingerprint density at radius 1 is 1.09 bits per heavy atom. The van der Waals surface area contributed by atoms with Gasteiger partial charge in [0.05, 0.1) is 17.8 Å². The number of nitrogens with zero attached hydrogens (tertiary/aromatic N) is 1. The number of Topliss-reactive ketones (excluding diaryl/α,β-unsaturated/α-hetero) is 1. The van der Waals surface area contributed by atoms with E-state index in [2.05, 4.69) is 38.7 Å². The number of piperidine rings is 1. The second-order valence-electron chi connectivity index (χ2n) is 16.4. The maximum Gasteiger partial charge on any atom is 0.471 e. The first kappa shape index (κ1) is 35.1. The van der Waals surface area contributed by atoms with Crippen LogP contribution in [0.5, 0.6) is 0 Å². The number of hydrogen-bond acceptors (Lipinski definition) is 5. The van der Waals surface area contributed by atoms with E-state index in [4.69, 9.17) is 4.74 Å². The number of rotatable bonds is 10. The number of nitrogens with one attached hydrogen (secondary N) is 1. The van der Waals surface area contributed by atoms with Crippen molar-refractivity contribution in [1.82, 2.24) is 10.2 Å². The van der Waals surface area contributed by atoms with Crippen LogP contribution in [0.3, 0.4) is 0 Å². The number of likely N-dealkylation sites (tertiary alicyclic amines) is 1. The maximum absolute atomic E-state index is 12.7. The molecule has 2 heterocycles. The highest BCUT2D eigenvalue weighted by molar-refractivity contribution is 5.81. The number of unbranched alkanes of at least 4 members (excludes halogenated alkanes) is 2. The molecule has 0 aromatic heterocycles. The van der Waals surface area contributed by atoms with Crippen molar-refractivity contribution in [2.75, 3.05) is 19.6 Å². The van der Waals surface area contributed by atoms with Crippen LogP contribution in [0.2, 0.25) is 0 Å². The molecule has 2 N–H and O–H groups in total. The lowest BCUT2D eigenvalue weighted by Gasteiger charge is -2.49. The third-order valence-corrected chi connectivity index (χ3v) is 13.7. The standard InChI is InChI=1S/C38H57F3N2O4/c1-23-19-33-34(43(22-23)18-8-10-27(44)9-6-5-7-17-42-35(46)38(39,40)41)25(3)37(47-33)16-14-29-30-12-11-26-20-28(45)13-15-36(26,4)32(30)21-31(29)24(37)2/h11,23,25,28-30,32-34,45H,5-10,12-22H2,1-4H3,(H,42,46)/t23-,25+,28-,29-,30-,32-,33+,34-,36-,37-/m0/s1. The first-order valence-electron chi connectivity index (χ1n) is 18.6. The summed E-state index contributed by atoms with van der Waals surface area (Å²) in [6, 6.07) is 0.356. The van der Waals surface area contributed by atoms with Crippen LogP contribution in [-0.2, 0) is 14.3 Å². The minimum atomic E-state index is -4.85. The molecule has 2 saturated heterocycles. The van der Waals surface area contributed by atoms with Gasteiger partial charge in [-0.05, 0) is 119 Å². The van der Waals surface area contributed by atoms with Crippen LogP contribution in [-0.4, -0.2) is 71.4 Å². The van der Waals surface area contributed by atoms with E-state index >= 15 is 0 Å². The number of halogens is 3. The molecule has 0 unspecified atom stereocenters. The number of fused-ring (bicyclic) bond motifs is 6. The highest BCUT2D eigenvalue weighted by atomic mass is 19.4. The molecular formula is C38H57F3N2O4. The van der Waals surface area contributed by atoms with E-state index < -0.39 is 12.1 Å². The number of aliphatic hydroxyl groups is 1. The summed E-state index contributed by atoms with van der Waals surface area (Å²) in [6.07, 6.45) is 9.73. The predicted molar refractivity (Wildman–Crippen MR) is 175 cm³/mol. The molecule has 9 heteroatoms. The Labute approximate surface area is 279 Å². The number of carbonyl (C=O) groups excluding carboxylic acids is 2. The Hall–Kier alpha value is -1.71. The SMILES string of the molecule is CC1=C2C[C@H]3[C@@H](CC=C4C[C@@H](O)CC[C@@]43C)[C@@H]2CC[C@]12O[C@@H]1C[C@H](C)CN(CCCC(=O)CCCCCNC(=O)C(F)(F)F)[C@H]1[C@H]2C. The zero-order valence-electron chi connectivity index (χ0n) is 29.0. The lowest BCUT2D eigenvalue weighted by atomic mass is 9.56. The number of aliphatic hydroxyl groups excluding tert-OH is 1. The highest BCUT2D eigenvalue weighted by Crippen LogP contribution is 2.65. The smallest absolute Gasteiger partial charge is 0.393 e. The van der Waals surface area contributed by atoms with E-state index in [1.54, 1.807) is 5.57 Å². The van der Waals surface area contributed by atoms with Crippen LogP contribution in [0, 0.1) is 35.0 Å². The number of hydrogen-bond donors (Lipinski definition) is 2. The molecule has 1 spiro atoms. The fourth-order valence-corrected chi connectivity index (χ4v) is 11.3. The zero-order chi connectivity index (χ0) is 33.7. The molecule has 6 rings (SSSR count).